The van der Waals surface area contributed by atoms with Crippen molar-refractivity contribution in [3.05, 3.63) is 48.5 Å². The van der Waals surface area contributed by atoms with Gasteiger partial charge in [0.2, 0.25) is 0 Å². The summed E-state index contributed by atoms with van der Waals surface area (Å²) in [7, 11) is 0. The van der Waals surface area contributed by atoms with Gasteiger partial charge in [-0.25, -0.2) is 4.98 Å². The number of carbonyl (C=O) groups is 1. The maximum Gasteiger partial charge on any atom is 0.270 e. The van der Waals surface area contributed by atoms with Gasteiger partial charge in [0.15, 0.2) is 0 Å². The van der Waals surface area contributed by atoms with E-state index < -0.39 is 5.60 Å². The van der Waals surface area contributed by atoms with Crippen LogP contribution < -0.4 is 5.32 Å². The van der Waals surface area contributed by atoms with Crippen LogP contribution in [0.4, 0.5) is 0 Å². The Hall–Kier alpha value is -1.79. The minimum Gasteiger partial charge on any atom is -0.388 e. The highest BCUT2D eigenvalue weighted by molar-refractivity contribution is 7.99. The van der Waals surface area contributed by atoms with Crippen molar-refractivity contribution in [2.75, 3.05) is 18.1 Å². The monoisotopic (exact) mass is 317 g/mol. The molecule has 2 aromatic rings. The lowest BCUT2D eigenvalue weighted by atomic mass is 9.97. The fourth-order valence-corrected chi connectivity index (χ4v) is 3.77. The molecule has 0 bridgehead atoms. The van der Waals surface area contributed by atoms with Gasteiger partial charge in [-0.05, 0) is 36.5 Å². The van der Waals surface area contributed by atoms with E-state index in [0.717, 1.165) is 30.0 Å². The molecule has 1 fully saturated rings. The number of imidazole rings is 1. The predicted molar refractivity (Wildman–Crippen MR) is 87.4 cm³/mol. The summed E-state index contributed by atoms with van der Waals surface area (Å²) < 4.78 is 1.75. The smallest absolute Gasteiger partial charge is 0.270 e. The maximum atomic E-state index is 12.4. The van der Waals surface area contributed by atoms with Gasteiger partial charge in [-0.15, -0.1) is 0 Å². The van der Waals surface area contributed by atoms with E-state index in [1.54, 1.807) is 17.1 Å². The summed E-state index contributed by atoms with van der Waals surface area (Å²) in [6.07, 6.45) is 4.60. The molecule has 22 heavy (non-hydrogen) atoms. The van der Waals surface area contributed by atoms with Crippen molar-refractivity contribution in [3.63, 3.8) is 0 Å². The number of amides is 1. The molecule has 0 aliphatic carbocycles. The largest absolute Gasteiger partial charge is 0.388 e. The van der Waals surface area contributed by atoms with Gasteiger partial charge in [0.25, 0.3) is 5.91 Å². The summed E-state index contributed by atoms with van der Waals surface area (Å²) in [5, 5.41) is 13.3. The highest BCUT2D eigenvalue weighted by Crippen LogP contribution is 2.26. The molecule has 1 aromatic carbocycles. The van der Waals surface area contributed by atoms with Crippen LogP contribution >= 0.6 is 11.8 Å². The van der Waals surface area contributed by atoms with Crippen LogP contribution in [-0.4, -0.2) is 44.2 Å². The zero-order chi connectivity index (χ0) is 15.4. The SMILES string of the molecule is O=C(NCC1(O)CCSCC1)c1cncn1-c1ccccc1. The molecule has 2 heterocycles. The summed E-state index contributed by atoms with van der Waals surface area (Å²) in [5.41, 5.74) is 0.580. The Bertz CT molecular complexity index is 636. The highest BCUT2D eigenvalue weighted by atomic mass is 32.2. The maximum absolute atomic E-state index is 12.4. The molecule has 0 saturated carbocycles. The second kappa shape index (κ2) is 6.54. The summed E-state index contributed by atoms with van der Waals surface area (Å²) in [4.78, 5) is 16.5. The molecule has 1 aromatic heterocycles. The Kier molecular flexibility index (Phi) is 4.49. The van der Waals surface area contributed by atoms with Crippen LogP contribution in [0.15, 0.2) is 42.9 Å². The number of hydrogen-bond donors (Lipinski definition) is 2. The summed E-state index contributed by atoms with van der Waals surface area (Å²) in [5.74, 6) is 1.66. The average Bonchev–Trinajstić information content (AvgIpc) is 3.04. The summed E-state index contributed by atoms with van der Waals surface area (Å²) in [6.45, 7) is 0.284. The van der Waals surface area contributed by atoms with E-state index in [4.69, 9.17) is 0 Å². The number of nitrogens with zero attached hydrogens (tertiary/aromatic N) is 2. The van der Waals surface area contributed by atoms with Gasteiger partial charge >= 0.3 is 0 Å². The lowest BCUT2D eigenvalue weighted by molar-refractivity contribution is 0.0310. The van der Waals surface area contributed by atoms with Crippen LogP contribution in [0.25, 0.3) is 5.69 Å². The molecule has 1 amide bonds. The van der Waals surface area contributed by atoms with E-state index in [-0.39, 0.29) is 12.5 Å². The first-order valence-corrected chi connectivity index (χ1v) is 8.50. The topological polar surface area (TPSA) is 67.2 Å². The van der Waals surface area contributed by atoms with Crippen molar-refractivity contribution >= 4 is 17.7 Å². The number of nitrogens with one attached hydrogen (secondary N) is 1. The van der Waals surface area contributed by atoms with Gasteiger partial charge in [0.05, 0.1) is 18.1 Å². The number of carbonyl (C=O) groups excluding carboxylic acids is 1. The minimum absolute atomic E-state index is 0.215. The predicted octanol–water partition coefficient (Wildman–Crippen LogP) is 1.86. The molecule has 5 nitrogen and oxygen atoms in total. The highest BCUT2D eigenvalue weighted by Gasteiger charge is 2.30. The zero-order valence-corrected chi connectivity index (χ0v) is 13.1. The molecule has 0 unspecified atom stereocenters. The third-order valence-electron chi connectivity index (χ3n) is 3.91. The lowest BCUT2D eigenvalue weighted by Gasteiger charge is -2.31. The van der Waals surface area contributed by atoms with Crippen LogP contribution in [-0.2, 0) is 0 Å². The number of thioether (sulfide) groups is 1. The summed E-state index contributed by atoms with van der Waals surface area (Å²) in [6, 6.07) is 9.60. The van der Waals surface area contributed by atoms with E-state index in [2.05, 4.69) is 10.3 Å². The van der Waals surface area contributed by atoms with Gasteiger partial charge in [-0.1, -0.05) is 18.2 Å². The first kappa shape index (κ1) is 15.1. The fraction of sp³-hybridized carbons (Fsp3) is 0.375. The van der Waals surface area contributed by atoms with Crippen molar-refractivity contribution in [3.8, 4) is 5.69 Å². The number of benzene rings is 1. The summed E-state index contributed by atoms with van der Waals surface area (Å²) >= 11 is 1.84. The zero-order valence-electron chi connectivity index (χ0n) is 12.2. The van der Waals surface area contributed by atoms with Crippen molar-refractivity contribution < 1.29 is 9.90 Å². The first-order valence-electron chi connectivity index (χ1n) is 7.34. The molecule has 0 atom stereocenters. The van der Waals surface area contributed by atoms with Crippen molar-refractivity contribution in [1.29, 1.82) is 0 Å². The third kappa shape index (κ3) is 3.34. The number of para-hydroxylation sites is 1. The number of rotatable bonds is 4. The minimum atomic E-state index is -0.779. The standard InChI is InChI=1S/C16H19N3O2S/c20-15(18-11-16(21)6-8-22-9-7-16)14-10-17-12-19(14)13-4-2-1-3-5-13/h1-5,10,12,21H,6-9,11H2,(H,18,20). The van der Waals surface area contributed by atoms with E-state index >= 15 is 0 Å². The van der Waals surface area contributed by atoms with Crippen molar-refractivity contribution in [1.82, 2.24) is 14.9 Å². The van der Waals surface area contributed by atoms with Gasteiger partial charge in [0.1, 0.15) is 5.69 Å². The van der Waals surface area contributed by atoms with Crippen LogP contribution in [0.2, 0.25) is 0 Å². The molecule has 1 aliphatic heterocycles. The Balaban J connectivity index is 1.70. The van der Waals surface area contributed by atoms with Crippen LogP contribution in [0, 0.1) is 0 Å². The quantitative estimate of drug-likeness (QED) is 0.903. The Morgan fingerprint density at radius 2 is 2.05 bits per heavy atom. The molecule has 1 saturated heterocycles. The second-order valence-electron chi connectivity index (χ2n) is 5.50. The normalized spacial score (nSPS) is 17.1. The molecule has 116 valence electrons. The van der Waals surface area contributed by atoms with Crippen molar-refractivity contribution in [2.24, 2.45) is 0 Å². The van der Waals surface area contributed by atoms with Crippen LogP contribution in [0.5, 0.6) is 0 Å². The van der Waals surface area contributed by atoms with Crippen LogP contribution in [0.1, 0.15) is 23.3 Å². The molecule has 0 radical (unpaired) electrons. The van der Waals surface area contributed by atoms with E-state index in [1.165, 1.54) is 0 Å². The van der Waals surface area contributed by atoms with E-state index in [1.807, 2.05) is 42.1 Å². The number of hydrogen-bond acceptors (Lipinski definition) is 4. The number of aliphatic hydroxyl groups is 1. The molecular weight excluding hydrogens is 298 g/mol. The molecule has 2 N–H and O–H groups in total. The molecule has 0 spiro atoms. The van der Waals surface area contributed by atoms with Gasteiger partial charge in [-0.2, -0.15) is 11.8 Å². The Morgan fingerprint density at radius 3 is 2.77 bits per heavy atom. The van der Waals surface area contributed by atoms with Crippen LogP contribution in [0.3, 0.4) is 0 Å². The molecule has 6 heteroatoms. The average molecular weight is 317 g/mol. The molecule has 1 aliphatic rings. The molecular formula is C16H19N3O2S. The lowest BCUT2D eigenvalue weighted by Crippen LogP contribution is -2.45. The second-order valence-corrected chi connectivity index (χ2v) is 6.73. The first-order chi connectivity index (χ1) is 10.7. The van der Waals surface area contributed by atoms with Gasteiger partial charge < -0.3 is 10.4 Å². The third-order valence-corrected chi connectivity index (χ3v) is 4.89. The Morgan fingerprint density at radius 1 is 1.32 bits per heavy atom. The fourth-order valence-electron chi connectivity index (χ4n) is 2.52. The van der Waals surface area contributed by atoms with Crippen molar-refractivity contribution in [2.45, 2.75) is 18.4 Å². The molecule has 3 rings (SSSR count). The van der Waals surface area contributed by atoms with Gasteiger partial charge in [-0.3, -0.25) is 9.36 Å². The van der Waals surface area contributed by atoms with E-state index in [0.29, 0.717) is 5.69 Å². The van der Waals surface area contributed by atoms with E-state index in [9.17, 15) is 9.90 Å². The number of aromatic nitrogens is 2. The van der Waals surface area contributed by atoms with Gasteiger partial charge in [0, 0.05) is 12.2 Å². The Labute approximate surface area is 133 Å².